The van der Waals surface area contributed by atoms with Crippen LogP contribution in [0.15, 0.2) is 27.9 Å². The lowest BCUT2D eigenvalue weighted by molar-refractivity contribution is 0.544. The summed E-state index contributed by atoms with van der Waals surface area (Å²) in [6, 6.07) is 3.60. The van der Waals surface area contributed by atoms with Gasteiger partial charge in [0.05, 0.1) is 12.5 Å². The predicted octanol–water partition coefficient (Wildman–Crippen LogP) is 1.76. The van der Waals surface area contributed by atoms with Crippen molar-refractivity contribution in [3.05, 3.63) is 24.2 Å². The van der Waals surface area contributed by atoms with Crippen molar-refractivity contribution >= 4 is 35.4 Å². The van der Waals surface area contributed by atoms with Gasteiger partial charge in [-0.05, 0) is 12.1 Å². The average molecular weight is 200 g/mol. The third kappa shape index (κ3) is 2.67. The SMILES string of the molecule is CN(/N=C/c1ccco1)C(=S)S. The van der Waals surface area contributed by atoms with Crippen molar-refractivity contribution in [2.45, 2.75) is 0 Å². The van der Waals surface area contributed by atoms with Crippen LogP contribution in [-0.2, 0) is 0 Å². The van der Waals surface area contributed by atoms with E-state index in [1.165, 1.54) is 5.01 Å². The molecule has 0 aliphatic rings. The first-order valence-corrected chi connectivity index (χ1v) is 4.10. The van der Waals surface area contributed by atoms with Gasteiger partial charge in [0, 0.05) is 7.05 Å². The van der Waals surface area contributed by atoms with Crippen molar-refractivity contribution in [1.82, 2.24) is 5.01 Å². The fourth-order valence-corrected chi connectivity index (χ4v) is 0.656. The largest absolute Gasteiger partial charge is 0.463 e. The molecule has 0 aromatic carbocycles. The maximum absolute atomic E-state index is 5.02. The zero-order valence-corrected chi connectivity index (χ0v) is 8.18. The van der Waals surface area contributed by atoms with Crippen LogP contribution < -0.4 is 0 Å². The van der Waals surface area contributed by atoms with Crippen LogP contribution >= 0.6 is 24.8 Å². The fraction of sp³-hybridized carbons (Fsp3) is 0.143. The van der Waals surface area contributed by atoms with Gasteiger partial charge in [0.25, 0.3) is 0 Å². The first kappa shape index (κ1) is 9.28. The van der Waals surface area contributed by atoms with Gasteiger partial charge < -0.3 is 4.42 Å². The smallest absolute Gasteiger partial charge is 0.153 e. The van der Waals surface area contributed by atoms with Crippen LogP contribution in [0.3, 0.4) is 0 Å². The van der Waals surface area contributed by atoms with E-state index in [1.54, 1.807) is 31.7 Å². The molecule has 3 nitrogen and oxygen atoms in total. The number of hydrazone groups is 1. The Labute approximate surface area is 81.5 Å². The molecule has 0 fully saturated rings. The first-order valence-electron chi connectivity index (χ1n) is 3.24. The second-order valence-electron chi connectivity index (χ2n) is 2.07. The van der Waals surface area contributed by atoms with Crippen molar-refractivity contribution in [2.75, 3.05) is 7.05 Å². The second kappa shape index (κ2) is 4.27. The molecular weight excluding hydrogens is 192 g/mol. The normalized spacial score (nSPS) is 10.5. The minimum atomic E-state index is 0.415. The summed E-state index contributed by atoms with van der Waals surface area (Å²) in [4.78, 5) is 0. The van der Waals surface area contributed by atoms with Crippen LogP contribution in [0.25, 0.3) is 0 Å². The Hall–Kier alpha value is -0.810. The van der Waals surface area contributed by atoms with Crippen LogP contribution in [0, 0.1) is 0 Å². The van der Waals surface area contributed by atoms with E-state index in [0.29, 0.717) is 10.1 Å². The zero-order valence-electron chi connectivity index (χ0n) is 6.47. The third-order valence-corrected chi connectivity index (χ3v) is 1.73. The molecule has 0 spiro atoms. The Morgan fingerprint density at radius 2 is 2.58 bits per heavy atom. The number of rotatable bonds is 2. The van der Waals surface area contributed by atoms with Gasteiger partial charge in [-0.3, -0.25) is 5.01 Å². The highest BCUT2D eigenvalue weighted by Gasteiger charge is 1.94. The summed E-state index contributed by atoms with van der Waals surface area (Å²) in [5.74, 6) is 0.687. The quantitative estimate of drug-likeness (QED) is 0.341. The molecule has 0 bridgehead atoms. The maximum Gasteiger partial charge on any atom is 0.153 e. The van der Waals surface area contributed by atoms with Crippen LogP contribution in [-0.4, -0.2) is 22.6 Å². The Morgan fingerprint density at radius 3 is 3.08 bits per heavy atom. The summed E-state index contributed by atoms with van der Waals surface area (Å²) in [6.45, 7) is 0. The second-order valence-corrected chi connectivity index (χ2v) is 3.18. The first-order chi connectivity index (χ1) is 5.70. The lowest BCUT2D eigenvalue weighted by atomic mass is 10.5. The van der Waals surface area contributed by atoms with Crippen molar-refractivity contribution < 1.29 is 4.42 Å². The van der Waals surface area contributed by atoms with Crippen LogP contribution in [0.5, 0.6) is 0 Å². The summed E-state index contributed by atoms with van der Waals surface area (Å²) in [6.07, 6.45) is 3.16. The molecule has 1 rings (SSSR count). The Bertz CT molecular complexity index is 282. The lowest BCUT2D eigenvalue weighted by Gasteiger charge is -2.06. The summed E-state index contributed by atoms with van der Waals surface area (Å²) in [5, 5.41) is 5.44. The molecule has 1 aromatic rings. The number of nitrogens with zero attached hydrogens (tertiary/aromatic N) is 2. The van der Waals surface area contributed by atoms with Crippen LogP contribution in [0.4, 0.5) is 0 Å². The number of thiocarbonyl (C=S) groups is 1. The number of thiol groups is 1. The van der Waals surface area contributed by atoms with Crippen molar-refractivity contribution in [2.24, 2.45) is 5.10 Å². The molecule has 0 aliphatic carbocycles. The summed E-state index contributed by atoms with van der Waals surface area (Å²) < 4.78 is 5.43. The fourth-order valence-electron chi connectivity index (χ4n) is 0.558. The van der Waals surface area contributed by atoms with Gasteiger partial charge in [0.1, 0.15) is 5.76 Å². The van der Waals surface area contributed by atoms with E-state index >= 15 is 0 Å². The van der Waals surface area contributed by atoms with Crippen LogP contribution in [0.2, 0.25) is 0 Å². The molecule has 0 atom stereocenters. The molecule has 5 heteroatoms. The summed E-state index contributed by atoms with van der Waals surface area (Å²) in [7, 11) is 1.72. The van der Waals surface area contributed by atoms with Crippen molar-refractivity contribution in [3.63, 3.8) is 0 Å². The molecular formula is C7H8N2OS2. The number of hydrogen-bond donors (Lipinski definition) is 1. The maximum atomic E-state index is 5.02. The van der Waals surface area contributed by atoms with Gasteiger partial charge >= 0.3 is 0 Å². The van der Waals surface area contributed by atoms with Gasteiger partial charge in [-0.25, -0.2) is 0 Å². The van der Waals surface area contributed by atoms with E-state index in [0.717, 1.165) is 0 Å². The molecule has 0 radical (unpaired) electrons. The third-order valence-electron chi connectivity index (χ3n) is 1.18. The molecule has 1 heterocycles. The molecule has 0 aliphatic heterocycles. The molecule has 12 heavy (non-hydrogen) atoms. The number of furan rings is 1. The molecule has 0 saturated carbocycles. The van der Waals surface area contributed by atoms with Gasteiger partial charge in [-0.2, -0.15) is 5.10 Å². The summed E-state index contributed by atoms with van der Waals surface area (Å²) in [5.41, 5.74) is 0. The molecule has 1 aromatic heterocycles. The standard InChI is InChI=1S/C7H8N2OS2/c1-9(7(11)12)8-5-6-3-2-4-10-6/h2-5H,1H3,(H,11,12)/b8-5+. The Balaban J connectivity index is 2.56. The van der Waals surface area contributed by atoms with E-state index in [4.69, 9.17) is 16.6 Å². The Morgan fingerprint density at radius 1 is 1.83 bits per heavy atom. The minimum absolute atomic E-state index is 0.415. The number of hydrogen-bond acceptors (Lipinski definition) is 3. The highest BCUT2D eigenvalue weighted by Crippen LogP contribution is 1.97. The average Bonchev–Trinajstić information content (AvgIpc) is 2.51. The van der Waals surface area contributed by atoms with Gasteiger partial charge in [0.2, 0.25) is 0 Å². The molecule has 0 unspecified atom stereocenters. The van der Waals surface area contributed by atoms with Crippen LogP contribution in [0.1, 0.15) is 5.76 Å². The monoisotopic (exact) mass is 200 g/mol. The summed E-state index contributed by atoms with van der Waals surface area (Å²) >= 11 is 8.70. The van der Waals surface area contributed by atoms with Gasteiger partial charge in [-0.1, -0.05) is 12.2 Å². The van der Waals surface area contributed by atoms with E-state index in [-0.39, 0.29) is 0 Å². The van der Waals surface area contributed by atoms with Gasteiger partial charge in [0.15, 0.2) is 4.32 Å². The lowest BCUT2D eigenvalue weighted by Crippen LogP contribution is -2.13. The highest BCUT2D eigenvalue weighted by atomic mass is 32.1. The molecule has 0 saturated heterocycles. The van der Waals surface area contributed by atoms with Gasteiger partial charge in [-0.15, -0.1) is 12.6 Å². The van der Waals surface area contributed by atoms with E-state index in [2.05, 4.69) is 17.7 Å². The predicted molar refractivity (Wildman–Crippen MR) is 55.6 cm³/mol. The minimum Gasteiger partial charge on any atom is -0.463 e. The Kier molecular flexibility index (Phi) is 3.31. The zero-order chi connectivity index (χ0) is 8.97. The van der Waals surface area contributed by atoms with E-state index in [9.17, 15) is 0 Å². The highest BCUT2D eigenvalue weighted by molar-refractivity contribution is 8.10. The molecule has 64 valence electrons. The van der Waals surface area contributed by atoms with Crippen molar-refractivity contribution in [1.29, 1.82) is 0 Å². The van der Waals surface area contributed by atoms with E-state index in [1.807, 2.05) is 0 Å². The van der Waals surface area contributed by atoms with Crippen molar-refractivity contribution in [3.8, 4) is 0 Å². The topological polar surface area (TPSA) is 28.7 Å². The molecule has 0 N–H and O–H groups in total. The molecule has 0 amide bonds. The van der Waals surface area contributed by atoms with E-state index < -0.39 is 0 Å².